The number of hydrogen-bond acceptors (Lipinski definition) is 4. The van der Waals surface area contributed by atoms with Gasteiger partial charge in [0.05, 0.1) is 23.4 Å². The zero-order chi connectivity index (χ0) is 17.3. The summed E-state index contributed by atoms with van der Waals surface area (Å²) in [5.74, 6) is -0.0325. The molecule has 0 amide bonds. The van der Waals surface area contributed by atoms with E-state index >= 15 is 0 Å². The molecular formula is C20H18N4. The number of benzene rings is 1. The second-order valence-corrected chi connectivity index (χ2v) is 6.60. The van der Waals surface area contributed by atoms with Crippen LogP contribution < -0.4 is 5.73 Å². The summed E-state index contributed by atoms with van der Waals surface area (Å²) in [6.45, 7) is 2.11. The van der Waals surface area contributed by atoms with Gasteiger partial charge in [0.1, 0.15) is 6.07 Å². The first kappa shape index (κ1) is 15.9. The van der Waals surface area contributed by atoms with Gasteiger partial charge in [0.25, 0.3) is 0 Å². The molecule has 0 bridgehead atoms. The van der Waals surface area contributed by atoms with Crippen molar-refractivity contribution in [2.45, 2.75) is 25.7 Å². The number of nitriles is 3. The van der Waals surface area contributed by atoms with E-state index in [9.17, 15) is 15.8 Å². The third-order valence-electron chi connectivity index (χ3n) is 5.27. The monoisotopic (exact) mass is 314 g/mol. The van der Waals surface area contributed by atoms with Crippen LogP contribution >= 0.6 is 0 Å². The predicted molar refractivity (Wildman–Crippen MR) is 89.6 cm³/mol. The Bertz CT molecular complexity index is 828. The SMILES string of the molecule is C[C@@H]1C=C2C(C#N)=C(N)C(C#N)(C#N)[C@@H](c3ccccc3)[C@@H]2CC1. The lowest BCUT2D eigenvalue weighted by Gasteiger charge is -2.44. The summed E-state index contributed by atoms with van der Waals surface area (Å²) < 4.78 is 0. The van der Waals surface area contributed by atoms with E-state index in [2.05, 4.69) is 31.2 Å². The molecule has 3 atom stereocenters. The standard InChI is InChI=1S/C20H18N4/c1-13-7-8-15-16(9-13)17(10-21)19(24)20(11-22,12-23)18(15)14-5-3-2-4-6-14/h2-6,9,13,15,18H,7-8,24H2,1H3/t13-,15+,18-/m0/s1. The van der Waals surface area contributed by atoms with Gasteiger partial charge in [0.15, 0.2) is 5.41 Å². The maximum atomic E-state index is 9.88. The van der Waals surface area contributed by atoms with Gasteiger partial charge >= 0.3 is 0 Å². The minimum absolute atomic E-state index is 0.0372. The molecule has 24 heavy (non-hydrogen) atoms. The van der Waals surface area contributed by atoms with Gasteiger partial charge in [0, 0.05) is 5.92 Å². The van der Waals surface area contributed by atoms with Crippen molar-refractivity contribution in [3.63, 3.8) is 0 Å². The van der Waals surface area contributed by atoms with Gasteiger partial charge < -0.3 is 5.73 Å². The molecule has 1 aromatic carbocycles. The van der Waals surface area contributed by atoms with Gasteiger partial charge in [-0.2, -0.15) is 15.8 Å². The number of nitrogens with zero attached hydrogens (tertiary/aromatic N) is 3. The second kappa shape index (κ2) is 5.88. The molecule has 0 saturated heterocycles. The van der Waals surface area contributed by atoms with Crippen LogP contribution in [-0.4, -0.2) is 0 Å². The summed E-state index contributed by atoms with van der Waals surface area (Å²) in [4.78, 5) is 0. The Morgan fingerprint density at radius 1 is 1.08 bits per heavy atom. The highest BCUT2D eigenvalue weighted by Crippen LogP contribution is 2.56. The van der Waals surface area contributed by atoms with E-state index in [0.29, 0.717) is 11.5 Å². The highest BCUT2D eigenvalue weighted by Gasteiger charge is 2.53. The lowest BCUT2D eigenvalue weighted by atomic mass is 9.56. The van der Waals surface area contributed by atoms with Crippen LogP contribution in [0.5, 0.6) is 0 Å². The van der Waals surface area contributed by atoms with Gasteiger partial charge in [0.2, 0.25) is 0 Å². The van der Waals surface area contributed by atoms with E-state index in [1.807, 2.05) is 30.3 Å². The molecule has 0 radical (unpaired) electrons. The summed E-state index contributed by atoms with van der Waals surface area (Å²) in [5, 5.41) is 29.4. The number of hydrogen-bond donors (Lipinski definition) is 1. The van der Waals surface area contributed by atoms with E-state index in [0.717, 1.165) is 24.0 Å². The number of nitrogens with two attached hydrogens (primary N) is 1. The largest absolute Gasteiger partial charge is 0.399 e. The summed E-state index contributed by atoms with van der Waals surface area (Å²) in [6, 6.07) is 16.1. The normalized spacial score (nSPS) is 27.9. The van der Waals surface area contributed by atoms with Crippen molar-refractivity contribution in [3.8, 4) is 18.2 Å². The van der Waals surface area contributed by atoms with Crippen molar-refractivity contribution in [2.24, 2.45) is 23.0 Å². The second-order valence-electron chi connectivity index (χ2n) is 6.60. The Labute approximate surface area is 142 Å². The van der Waals surface area contributed by atoms with Crippen LogP contribution in [0.3, 0.4) is 0 Å². The first-order valence-corrected chi connectivity index (χ1v) is 8.09. The third-order valence-corrected chi connectivity index (χ3v) is 5.27. The Morgan fingerprint density at radius 2 is 1.75 bits per heavy atom. The molecule has 0 unspecified atom stereocenters. The molecule has 0 aliphatic heterocycles. The molecule has 3 rings (SSSR count). The fourth-order valence-electron chi connectivity index (χ4n) is 4.10. The quantitative estimate of drug-likeness (QED) is 0.857. The van der Waals surface area contributed by atoms with E-state index < -0.39 is 5.41 Å². The molecule has 0 heterocycles. The van der Waals surface area contributed by atoms with Crippen LogP contribution in [0.25, 0.3) is 0 Å². The number of rotatable bonds is 1. The summed E-state index contributed by atoms with van der Waals surface area (Å²) in [7, 11) is 0. The lowest BCUT2D eigenvalue weighted by Crippen LogP contribution is -2.43. The van der Waals surface area contributed by atoms with Crippen LogP contribution in [0.4, 0.5) is 0 Å². The molecule has 2 N–H and O–H groups in total. The summed E-state index contributed by atoms with van der Waals surface area (Å²) in [6.07, 6.45) is 3.91. The predicted octanol–water partition coefficient (Wildman–Crippen LogP) is 3.53. The number of fused-ring (bicyclic) bond motifs is 1. The van der Waals surface area contributed by atoms with Crippen molar-refractivity contribution in [1.29, 1.82) is 15.8 Å². The first-order valence-electron chi connectivity index (χ1n) is 8.09. The van der Waals surface area contributed by atoms with Gasteiger partial charge in [-0.1, -0.05) is 43.3 Å². The van der Waals surface area contributed by atoms with Crippen LogP contribution in [0.1, 0.15) is 31.2 Å². The Kier molecular flexibility index (Phi) is 3.88. The van der Waals surface area contributed by atoms with Crippen LogP contribution in [0.15, 0.2) is 53.3 Å². The smallest absolute Gasteiger partial charge is 0.191 e. The van der Waals surface area contributed by atoms with E-state index in [1.54, 1.807) is 0 Å². The van der Waals surface area contributed by atoms with Crippen LogP contribution in [0, 0.1) is 51.2 Å². The minimum Gasteiger partial charge on any atom is -0.399 e. The molecule has 0 aromatic heterocycles. The molecule has 2 aliphatic rings. The molecule has 118 valence electrons. The summed E-state index contributed by atoms with van der Waals surface area (Å²) >= 11 is 0. The van der Waals surface area contributed by atoms with Gasteiger partial charge in [-0.15, -0.1) is 0 Å². The van der Waals surface area contributed by atoms with Crippen molar-refractivity contribution in [1.82, 2.24) is 0 Å². The maximum absolute atomic E-state index is 9.88. The van der Waals surface area contributed by atoms with Gasteiger partial charge in [-0.3, -0.25) is 0 Å². The average Bonchev–Trinajstić information content (AvgIpc) is 2.62. The molecule has 4 nitrogen and oxygen atoms in total. The van der Waals surface area contributed by atoms with Gasteiger partial charge in [-0.25, -0.2) is 0 Å². The zero-order valence-corrected chi connectivity index (χ0v) is 13.5. The Hall–Kier alpha value is -3.03. The molecular weight excluding hydrogens is 296 g/mol. The van der Waals surface area contributed by atoms with Crippen LogP contribution in [-0.2, 0) is 0 Å². The molecule has 4 heteroatoms. The maximum Gasteiger partial charge on any atom is 0.191 e. The van der Waals surface area contributed by atoms with Crippen molar-refractivity contribution in [2.75, 3.05) is 0 Å². The van der Waals surface area contributed by atoms with E-state index in [-0.39, 0.29) is 17.5 Å². The first-order chi connectivity index (χ1) is 11.6. The Balaban J connectivity index is 2.34. The molecule has 2 aliphatic carbocycles. The fourth-order valence-corrected chi connectivity index (χ4v) is 4.10. The van der Waals surface area contributed by atoms with E-state index in [1.165, 1.54) is 0 Å². The fraction of sp³-hybridized carbons (Fsp3) is 0.350. The van der Waals surface area contributed by atoms with E-state index in [4.69, 9.17) is 5.73 Å². The van der Waals surface area contributed by atoms with Crippen molar-refractivity contribution >= 4 is 0 Å². The van der Waals surface area contributed by atoms with Gasteiger partial charge in [-0.05, 0) is 35.8 Å². The Morgan fingerprint density at radius 3 is 2.33 bits per heavy atom. The van der Waals surface area contributed by atoms with Crippen molar-refractivity contribution in [3.05, 3.63) is 58.8 Å². The average molecular weight is 314 g/mol. The molecule has 0 fully saturated rings. The lowest BCUT2D eigenvalue weighted by molar-refractivity contribution is 0.303. The zero-order valence-electron chi connectivity index (χ0n) is 13.5. The van der Waals surface area contributed by atoms with Crippen LogP contribution in [0.2, 0.25) is 0 Å². The minimum atomic E-state index is -1.50. The molecule has 0 saturated carbocycles. The highest BCUT2D eigenvalue weighted by atomic mass is 14.7. The molecule has 1 aromatic rings. The highest BCUT2D eigenvalue weighted by molar-refractivity contribution is 5.59. The molecule has 0 spiro atoms. The third kappa shape index (κ3) is 2.10. The summed E-state index contributed by atoms with van der Waals surface area (Å²) in [5.41, 5.74) is 6.98. The van der Waals surface area contributed by atoms with Crippen molar-refractivity contribution < 1.29 is 0 Å². The number of allylic oxidation sites excluding steroid dienone is 4. The topological polar surface area (TPSA) is 97.4 Å².